The maximum absolute atomic E-state index is 13.1. The van der Waals surface area contributed by atoms with E-state index in [-0.39, 0.29) is 17.4 Å². The highest BCUT2D eigenvalue weighted by atomic mass is 32.2. The normalized spacial score (nSPS) is 12.0. The fourth-order valence-corrected chi connectivity index (χ4v) is 3.76. The third-order valence-electron chi connectivity index (χ3n) is 4.42. The third kappa shape index (κ3) is 3.94. The van der Waals surface area contributed by atoms with E-state index < -0.39 is 11.7 Å². The highest BCUT2D eigenvalue weighted by Crippen LogP contribution is 2.33. The molecule has 8 nitrogen and oxygen atoms in total. The number of hydrogen-bond donors (Lipinski definition) is 1. The molecule has 4 heterocycles. The lowest BCUT2D eigenvalue weighted by Gasteiger charge is -2.05. The van der Waals surface area contributed by atoms with Crippen LogP contribution in [0.2, 0.25) is 0 Å². The summed E-state index contributed by atoms with van der Waals surface area (Å²) in [7, 11) is 0. The molecule has 0 radical (unpaired) electrons. The second-order valence-electron chi connectivity index (χ2n) is 6.59. The number of alkyl halides is 3. The van der Waals surface area contributed by atoms with Crippen LogP contribution in [0.5, 0.6) is 0 Å². The first kappa shape index (κ1) is 21.1. The monoisotopic (exact) mass is 449 g/mol. The molecule has 0 fully saturated rings. The summed E-state index contributed by atoms with van der Waals surface area (Å²) in [5.74, 6) is 0.567. The maximum atomic E-state index is 13.1. The molecule has 12 heteroatoms. The van der Waals surface area contributed by atoms with Crippen molar-refractivity contribution in [2.24, 2.45) is 0 Å². The lowest BCUT2D eigenvalue weighted by Crippen LogP contribution is -2.26. The summed E-state index contributed by atoms with van der Waals surface area (Å²) in [6.45, 7) is 4.40. The highest BCUT2D eigenvalue weighted by Gasteiger charge is 2.31. The smallest absolute Gasteiger partial charge is 0.351 e. The molecule has 0 aliphatic carbocycles. The van der Waals surface area contributed by atoms with Crippen LogP contribution in [0.1, 0.15) is 36.3 Å². The number of amides is 1. The largest absolute Gasteiger partial charge is 0.417 e. The van der Waals surface area contributed by atoms with Gasteiger partial charge in [-0.1, -0.05) is 13.8 Å². The van der Waals surface area contributed by atoms with Crippen LogP contribution in [0.25, 0.3) is 22.7 Å². The molecule has 0 unspecified atom stereocenters. The Morgan fingerprint density at radius 3 is 2.71 bits per heavy atom. The maximum Gasteiger partial charge on any atom is 0.417 e. The van der Waals surface area contributed by atoms with Crippen LogP contribution in [0, 0.1) is 0 Å². The van der Waals surface area contributed by atoms with E-state index in [0.717, 1.165) is 23.2 Å². The Balaban J connectivity index is 1.88. The van der Waals surface area contributed by atoms with E-state index in [4.69, 9.17) is 0 Å². The van der Waals surface area contributed by atoms with E-state index in [9.17, 15) is 18.0 Å². The number of carbonyl (C=O) groups excluding carboxylic acids is 1. The molecule has 4 aromatic rings. The van der Waals surface area contributed by atoms with Crippen molar-refractivity contribution in [3.05, 3.63) is 41.9 Å². The van der Waals surface area contributed by atoms with Gasteiger partial charge in [0.25, 0.3) is 5.91 Å². The molecule has 0 aliphatic rings. The van der Waals surface area contributed by atoms with E-state index >= 15 is 0 Å². The van der Waals surface area contributed by atoms with Crippen LogP contribution in [-0.4, -0.2) is 47.4 Å². The third-order valence-corrected chi connectivity index (χ3v) is 5.27. The van der Waals surface area contributed by atoms with Crippen molar-refractivity contribution in [2.75, 3.05) is 12.3 Å². The van der Waals surface area contributed by atoms with Crippen LogP contribution in [-0.2, 0) is 6.18 Å². The second-order valence-corrected chi connectivity index (χ2v) is 7.84. The molecule has 4 rings (SSSR count). The minimum absolute atomic E-state index is 0.184. The van der Waals surface area contributed by atoms with Crippen LogP contribution in [0.3, 0.4) is 0 Å². The van der Waals surface area contributed by atoms with Crippen molar-refractivity contribution in [3.63, 3.8) is 0 Å². The number of aromatic nitrogens is 6. The van der Waals surface area contributed by atoms with Gasteiger partial charge in [0.15, 0.2) is 17.1 Å². The zero-order chi connectivity index (χ0) is 22.2. The molecule has 0 saturated carbocycles. The second kappa shape index (κ2) is 8.17. The van der Waals surface area contributed by atoms with E-state index in [1.807, 2.05) is 13.8 Å². The molecule has 0 spiro atoms. The van der Waals surface area contributed by atoms with Gasteiger partial charge < -0.3 is 5.32 Å². The van der Waals surface area contributed by atoms with Gasteiger partial charge in [-0.3, -0.25) is 4.79 Å². The average molecular weight is 449 g/mol. The number of nitrogens with zero attached hydrogens (tertiary/aromatic N) is 6. The van der Waals surface area contributed by atoms with Crippen molar-refractivity contribution >= 4 is 29.0 Å². The van der Waals surface area contributed by atoms with Gasteiger partial charge in [-0.05, 0) is 30.4 Å². The van der Waals surface area contributed by atoms with Crippen molar-refractivity contribution in [3.8, 4) is 11.4 Å². The lowest BCUT2D eigenvalue weighted by atomic mass is 10.3. The predicted molar refractivity (Wildman–Crippen MR) is 109 cm³/mol. The van der Waals surface area contributed by atoms with Crippen molar-refractivity contribution < 1.29 is 18.0 Å². The summed E-state index contributed by atoms with van der Waals surface area (Å²) in [5, 5.41) is 12.1. The van der Waals surface area contributed by atoms with Gasteiger partial charge in [-0.15, -0.1) is 16.9 Å². The quantitative estimate of drug-likeness (QED) is 0.452. The molecule has 31 heavy (non-hydrogen) atoms. The number of rotatable bonds is 6. The summed E-state index contributed by atoms with van der Waals surface area (Å²) in [6.07, 6.45) is -1.33. The van der Waals surface area contributed by atoms with Gasteiger partial charge >= 0.3 is 6.18 Å². The van der Waals surface area contributed by atoms with Crippen molar-refractivity contribution in [1.82, 2.24) is 34.5 Å². The first-order chi connectivity index (χ1) is 14.8. The molecule has 0 aromatic carbocycles. The van der Waals surface area contributed by atoms with Gasteiger partial charge in [-0.2, -0.15) is 18.3 Å². The molecule has 1 N–H and O–H groups in total. The number of halogens is 3. The molecule has 162 valence electrons. The van der Waals surface area contributed by atoms with Gasteiger partial charge in [0.05, 0.1) is 11.1 Å². The Morgan fingerprint density at radius 2 is 2.00 bits per heavy atom. The number of nitrogens with one attached hydrogen (secondary N) is 1. The molecule has 0 aliphatic heterocycles. The summed E-state index contributed by atoms with van der Waals surface area (Å²) in [6, 6.07) is 3.77. The SMILES string of the molecule is CCCNC(=O)c1ccnc2c(-c3nc4ccc(C(F)(F)F)cn4n3)c(SCC)nn12. The number of fused-ring (bicyclic) bond motifs is 2. The van der Waals surface area contributed by atoms with Gasteiger partial charge in [0.2, 0.25) is 0 Å². The van der Waals surface area contributed by atoms with Crippen molar-refractivity contribution in [2.45, 2.75) is 31.5 Å². The topological polar surface area (TPSA) is 89.5 Å². The highest BCUT2D eigenvalue weighted by molar-refractivity contribution is 7.99. The minimum Gasteiger partial charge on any atom is -0.351 e. The summed E-state index contributed by atoms with van der Waals surface area (Å²) in [5.41, 5.74) is 0.547. The van der Waals surface area contributed by atoms with Crippen LogP contribution in [0.15, 0.2) is 35.6 Å². The van der Waals surface area contributed by atoms with Gasteiger partial charge in [0.1, 0.15) is 10.7 Å². The fraction of sp³-hybridized carbons (Fsp3) is 0.316. The molecule has 0 saturated heterocycles. The van der Waals surface area contributed by atoms with Crippen molar-refractivity contribution in [1.29, 1.82) is 0 Å². The first-order valence-electron chi connectivity index (χ1n) is 9.56. The van der Waals surface area contributed by atoms with Crippen LogP contribution >= 0.6 is 11.8 Å². The Labute approximate surface area is 178 Å². The lowest BCUT2D eigenvalue weighted by molar-refractivity contribution is -0.137. The van der Waals surface area contributed by atoms with Gasteiger partial charge in [0, 0.05) is 18.9 Å². The minimum atomic E-state index is -4.49. The van der Waals surface area contributed by atoms with Crippen LogP contribution in [0.4, 0.5) is 13.2 Å². The van der Waals surface area contributed by atoms with E-state index in [2.05, 4.69) is 25.5 Å². The number of thioether (sulfide) groups is 1. The standard InChI is InChI=1S/C19H18F3N7OS/c1-3-8-24-17(30)12-7-9-23-16-14(18(31-4-2)27-29(12)16)15-25-13-6-5-11(19(20,21)22)10-28(13)26-15/h5-7,9-10H,3-4,8H2,1-2H3,(H,24,30). The molecule has 4 aromatic heterocycles. The zero-order valence-electron chi connectivity index (χ0n) is 16.6. The Morgan fingerprint density at radius 1 is 1.19 bits per heavy atom. The van der Waals surface area contributed by atoms with E-state index in [1.54, 1.807) is 6.07 Å². The zero-order valence-corrected chi connectivity index (χ0v) is 17.5. The summed E-state index contributed by atoms with van der Waals surface area (Å²) < 4.78 is 41.7. The first-order valence-corrected chi connectivity index (χ1v) is 10.5. The molecular weight excluding hydrogens is 431 g/mol. The number of hydrogen-bond acceptors (Lipinski definition) is 6. The number of pyridine rings is 1. The molecule has 0 bridgehead atoms. The Hall–Kier alpha value is -3.15. The van der Waals surface area contributed by atoms with E-state index in [1.165, 1.54) is 28.5 Å². The Bertz CT molecular complexity index is 1260. The average Bonchev–Trinajstić information content (AvgIpc) is 3.31. The molecule has 1 amide bonds. The van der Waals surface area contributed by atoms with E-state index in [0.29, 0.717) is 34.2 Å². The molecule has 0 atom stereocenters. The summed E-state index contributed by atoms with van der Waals surface area (Å²) >= 11 is 1.41. The van der Waals surface area contributed by atoms with Crippen LogP contribution < -0.4 is 5.32 Å². The Kier molecular flexibility index (Phi) is 5.56. The number of carbonyl (C=O) groups is 1. The molecular formula is C19H18F3N7OS. The summed E-state index contributed by atoms with van der Waals surface area (Å²) in [4.78, 5) is 21.3. The van der Waals surface area contributed by atoms with Gasteiger partial charge in [-0.25, -0.2) is 19.0 Å². The predicted octanol–water partition coefficient (Wildman–Crippen LogP) is 3.71. The fourth-order valence-electron chi connectivity index (χ4n) is 3.02.